The van der Waals surface area contributed by atoms with Gasteiger partial charge in [-0.3, -0.25) is 29.9 Å². The standard InChI is InChI=1S/C19H22N4O4S2.C17H18N6O4S.C14H17N5O3S.C6H6BrN3O2/c1-11(2)29(26,27)15-6-4-13(5-7-15)16-10-21-18(20)17(23-16)19(25)22-9-14(28)8-12(3)24;1-9(2)28(25,26)12-6-4-11(5-7-12)13-8-19-15(18)14(21-13)16-22-23-17(27-16)20-10(3)24;1-8(2)23(21,22)10-5-3-9(4-6-10)11-7-17-13(15)12(18-11)14(20)19-16;1-12-6(11)4-5(8)9-2-3(7)10-4/h4-7,10-11H,8-9H2,1-3H3,(H2,20,21)(H,22,25);4-9H,1-3H3,(H2,18,19)(H,20,23,24);3-8H,16H2,1-2H3,(H2,15,17)(H,19,20);2H,1H3,(H2,8,9). The topological polar surface area (TPSA) is 505 Å². The predicted molar refractivity (Wildman–Crippen MR) is 348 cm³/mol. The molecule has 0 saturated heterocycles. The summed E-state index contributed by atoms with van der Waals surface area (Å²) in [6.45, 7) is 12.5. The molecule has 31 nitrogen and oxygen atoms in total. The number of hydrogen-bond donors (Lipinski definition) is 8. The number of thiocarbonyl (C=S) groups is 1. The maximum absolute atomic E-state index is 12.4. The number of nitrogen functional groups attached to an aromatic ring is 5. The highest BCUT2D eigenvalue weighted by Gasteiger charge is 2.24. The monoisotopic (exact) mass is 1400 g/mol. The Balaban J connectivity index is 0.000000231. The van der Waals surface area contributed by atoms with E-state index < -0.39 is 63.0 Å². The number of nitrogens with one attached hydrogen (secondary N) is 3. The van der Waals surface area contributed by atoms with Crippen molar-refractivity contribution in [2.75, 3.05) is 41.9 Å². The zero-order chi connectivity index (χ0) is 68.6. The summed E-state index contributed by atoms with van der Waals surface area (Å²) in [5, 5.41) is 10.9. The number of hydrogen-bond acceptors (Lipinski definition) is 29. The van der Waals surface area contributed by atoms with Crippen molar-refractivity contribution < 1.29 is 58.4 Å². The number of sulfone groups is 3. The minimum absolute atomic E-state index is 0.00499. The quantitative estimate of drug-likeness (QED) is 0.0184. The Bertz CT molecular complexity index is 4390. The number of carbonyl (C=O) groups is 5. The van der Waals surface area contributed by atoms with E-state index in [9.17, 15) is 49.2 Å². The van der Waals surface area contributed by atoms with Gasteiger partial charge in [-0.25, -0.2) is 75.8 Å². The van der Waals surface area contributed by atoms with Crippen LogP contribution in [0.25, 0.3) is 45.4 Å². The molecule has 3 aromatic carbocycles. The van der Waals surface area contributed by atoms with Gasteiger partial charge in [0.15, 0.2) is 75.6 Å². The van der Waals surface area contributed by atoms with Gasteiger partial charge in [-0.15, -0.1) is 5.10 Å². The number of benzene rings is 3. The molecule has 92 heavy (non-hydrogen) atoms. The first-order valence-electron chi connectivity index (χ1n) is 26.8. The third-order valence-corrected chi connectivity index (χ3v) is 19.4. The van der Waals surface area contributed by atoms with Gasteiger partial charge in [-0.2, -0.15) is 0 Å². The van der Waals surface area contributed by atoms with Gasteiger partial charge in [0.2, 0.25) is 5.91 Å². The molecule has 8 aromatic rings. The molecule has 5 aromatic heterocycles. The SMILES string of the molecule is CC(=O)CC(=S)CNC(=O)c1nc(-c2ccc(S(=O)(=O)C(C)C)cc2)cnc1N.CC(=O)Nc1nnc(-c2nc(-c3ccc(S(=O)(=O)C(C)C)cc3)cnc2N)o1.CC(C)S(=O)(=O)c1ccc(-c2cnc(N)c(C(=O)NN)n2)cc1.COC(=O)c1nc(Br)cnc1N. The zero-order valence-corrected chi connectivity index (χ0v) is 55.4. The maximum atomic E-state index is 12.4. The molecule has 0 aliphatic rings. The number of hydrazine groups is 1. The summed E-state index contributed by atoms with van der Waals surface area (Å²) < 4.78 is 83.3. The Hall–Kier alpha value is -9.75. The maximum Gasteiger partial charge on any atom is 0.360 e. The van der Waals surface area contributed by atoms with Crippen LogP contribution in [0.2, 0.25) is 0 Å². The number of nitrogens with zero attached hydrogens (tertiary/aromatic N) is 10. The number of amides is 3. The van der Waals surface area contributed by atoms with Crippen LogP contribution in [0.1, 0.15) is 93.3 Å². The summed E-state index contributed by atoms with van der Waals surface area (Å²) in [4.78, 5) is 90.4. The van der Waals surface area contributed by atoms with Crippen LogP contribution in [-0.4, -0.2) is 139 Å². The first-order chi connectivity index (χ1) is 43.1. The number of ether oxygens (including phenoxy) is 1. The minimum Gasteiger partial charge on any atom is -0.464 e. The van der Waals surface area contributed by atoms with Crippen molar-refractivity contribution in [3.8, 4) is 45.4 Å². The molecule has 0 aliphatic carbocycles. The van der Waals surface area contributed by atoms with Crippen LogP contribution in [0.15, 0.2) is 121 Å². The second-order valence-electron chi connectivity index (χ2n) is 19.9. The lowest BCUT2D eigenvalue weighted by Gasteiger charge is -2.10. The van der Waals surface area contributed by atoms with Gasteiger partial charge >= 0.3 is 12.0 Å². The summed E-state index contributed by atoms with van der Waals surface area (Å²) in [7, 11) is -8.84. The molecule has 0 fully saturated rings. The van der Waals surface area contributed by atoms with Gasteiger partial charge in [-0.05, 0) is 101 Å². The van der Waals surface area contributed by atoms with E-state index in [1.165, 1.54) is 82.1 Å². The molecule has 0 atom stereocenters. The van der Waals surface area contributed by atoms with Crippen molar-refractivity contribution in [3.05, 3.63) is 119 Å². The van der Waals surface area contributed by atoms with E-state index in [0.29, 0.717) is 43.2 Å². The van der Waals surface area contributed by atoms with Gasteiger partial charge in [-0.1, -0.05) is 53.7 Å². The third-order valence-electron chi connectivity index (χ3n) is 12.2. The van der Waals surface area contributed by atoms with Gasteiger partial charge in [0.05, 0.1) is 79.4 Å². The van der Waals surface area contributed by atoms with Crippen LogP contribution in [0.4, 0.5) is 29.3 Å². The second kappa shape index (κ2) is 31.8. The van der Waals surface area contributed by atoms with Crippen molar-refractivity contribution in [1.82, 2.24) is 60.8 Å². The number of esters is 1. The Kier molecular flexibility index (Phi) is 25.2. The summed E-state index contributed by atoms with van der Waals surface area (Å²) in [5.41, 5.74) is 27.5. The highest BCUT2D eigenvalue weighted by atomic mass is 79.9. The zero-order valence-electron chi connectivity index (χ0n) is 50.6. The number of aromatic nitrogens is 10. The predicted octanol–water partition coefficient (Wildman–Crippen LogP) is 5.02. The number of anilines is 5. The van der Waals surface area contributed by atoms with E-state index in [4.69, 9.17) is 45.4 Å². The van der Waals surface area contributed by atoms with Crippen molar-refractivity contribution >= 4 is 121 Å². The largest absolute Gasteiger partial charge is 0.464 e. The number of halogens is 1. The molecular weight excluding hydrogens is 1340 g/mol. The fourth-order valence-electron chi connectivity index (χ4n) is 7.18. The number of ketones is 1. The normalized spacial score (nSPS) is 11.2. The molecule has 0 aliphatic heterocycles. The molecule has 486 valence electrons. The lowest BCUT2D eigenvalue weighted by Crippen LogP contribution is -2.31. The molecule has 0 bridgehead atoms. The van der Waals surface area contributed by atoms with Crippen LogP contribution in [0.3, 0.4) is 0 Å². The van der Waals surface area contributed by atoms with Crippen molar-refractivity contribution in [1.29, 1.82) is 0 Å². The smallest absolute Gasteiger partial charge is 0.360 e. The Morgan fingerprint density at radius 2 is 0.957 bits per heavy atom. The lowest BCUT2D eigenvalue weighted by molar-refractivity contribution is -0.116. The van der Waals surface area contributed by atoms with E-state index in [0.717, 1.165) is 0 Å². The molecule has 0 radical (unpaired) electrons. The van der Waals surface area contributed by atoms with Gasteiger partial charge in [0.25, 0.3) is 17.7 Å². The van der Waals surface area contributed by atoms with E-state index >= 15 is 0 Å². The van der Waals surface area contributed by atoms with Gasteiger partial charge in [0.1, 0.15) is 10.4 Å². The molecule has 13 N–H and O–H groups in total. The molecule has 5 heterocycles. The number of methoxy groups -OCH3 is 1. The Morgan fingerprint density at radius 3 is 1.35 bits per heavy atom. The number of Topliss-reactive ketones (excluding diaryl/α,β-unsaturated/α-hetero) is 1. The Morgan fingerprint density at radius 1 is 0.565 bits per heavy atom. The summed E-state index contributed by atoms with van der Waals surface area (Å²) in [6.07, 6.45) is 5.76. The fraction of sp³-hybridized carbons (Fsp3) is 0.250. The number of rotatable bonds is 18. The van der Waals surface area contributed by atoms with Gasteiger partial charge in [0, 0.05) is 41.4 Å². The highest BCUT2D eigenvalue weighted by molar-refractivity contribution is 9.10. The summed E-state index contributed by atoms with van der Waals surface area (Å²) in [6, 6.07) is 18.6. The van der Waals surface area contributed by atoms with Crippen LogP contribution >= 0.6 is 28.1 Å². The van der Waals surface area contributed by atoms with Crippen molar-refractivity contribution in [3.63, 3.8) is 0 Å². The van der Waals surface area contributed by atoms with Crippen molar-refractivity contribution in [2.45, 2.75) is 92.2 Å². The average molecular weight is 1400 g/mol. The van der Waals surface area contributed by atoms with E-state index in [1.54, 1.807) is 77.9 Å². The summed E-state index contributed by atoms with van der Waals surface area (Å²) in [5.74, 6) is 2.82. The van der Waals surface area contributed by atoms with Gasteiger partial charge < -0.3 is 37.4 Å². The lowest BCUT2D eigenvalue weighted by atomic mass is 10.1. The molecule has 0 spiro atoms. The first-order valence-corrected chi connectivity index (χ1v) is 32.6. The van der Waals surface area contributed by atoms with E-state index in [1.807, 2.05) is 5.43 Å². The Labute approximate surface area is 541 Å². The molecule has 8 rings (SSSR count). The second-order valence-corrected chi connectivity index (χ2v) is 28.8. The molecular formula is C56H63BrN18O13S4. The van der Waals surface area contributed by atoms with Crippen LogP contribution in [-0.2, 0) is 43.8 Å². The highest BCUT2D eigenvalue weighted by Crippen LogP contribution is 2.29. The third kappa shape index (κ3) is 19.1. The number of carbonyl (C=O) groups excluding carboxylic acids is 5. The fourth-order valence-corrected chi connectivity index (χ4v) is 10.9. The molecule has 3 amide bonds. The minimum atomic E-state index is -3.38. The van der Waals surface area contributed by atoms with E-state index in [2.05, 4.69) is 81.4 Å². The number of nitrogens with two attached hydrogens (primary N) is 5. The average Bonchev–Trinajstić information content (AvgIpc) is 0.921. The molecule has 0 saturated carbocycles. The first kappa shape index (κ1) is 73.0. The van der Waals surface area contributed by atoms with Crippen LogP contribution < -0.4 is 44.8 Å². The van der Waals surface area contributed by atoms with Crippen LogP contribution in [0.5, 0.6) is 0 Å². The summed E-state index contributed by atoms with van der Waals surface area (Å²) >= 11 is 8.10. The van der Waals surface area contributed by atoms with Crippen molar-refractivity contribution in [2.24, 2.45) is 5.84 Å². The molecule has 0 unspecified atom stereocenters. The van der Waals surface area contributed by atoms with E-state index in [-0.39, 0.29) is 97.3 Å². The van der Waals surface area contributed by atoms with Crippen LogP contribution in [0, 0.1) is 0 Å². The molecule has 36 heteroatoms.